The molecular formula is C13H20BrNO2S2. The van der Waals surface area contributed by atoms with Crippen molar-refractivity contribution in [2.45, 2.75) is 50.5 Å². The number of halogens is 1. The third-order valence-electron chi connectivity index (χ3n) is 4.03. The molecule has 3 nitrogen and oxygen atoms in total. The lowest BCUT2D eigenvalue weighted by Crippen LogP contribution is -2.42. The van der Waals surface area contributed by atoms with Crippen LogP contribution in [0.1, 0.15) is 37.5 Å². The fourth-order valence-corrected chi connectivity index (χ4v) is 6.72. The molecule has 1 aliphatic carbocycles. The average Bonchev–Trinajstić information content (AvgIpc) is 2.69. The molecule has 2 unspecified atom stereocenters. The quantitative estimate of drug-likeness (QED) is 0.810. The minimum absolute atomic E-state index is 0.136. The van der Waals surface area contributed by atoms with Crippen LogP contribution in [0.15, 0.2) is 14.7 Å². The first kappa shape index (κ1) is 15.5. The molecule has 1 heterocycles. The molecule has 1 fully saturated rings. The van der Waals surface area contributed by atoms with Crippen molar-refractivity contribution in [3.05, 3.63) is 14.7 Å². The Hall–Kier alpha value is 0.0900. The molecule has 0 spiro atoms. The van der Waals surface area contributed by atoms with E-state index in [1.54, 1.807) is 17.4 Å². The molecule has 0 aliphatic heterocycles. The minimum Gasteiger partial charge on any atom is -0.207 e. The van der Waals surface area contributed by atoms with Crippen LogP contribution in [-0.2, 0) is 10.0 Å². The zero-order valence-corrected chi connectivity index (χ0v) is 14.7. The highest BCUT2D eigenvalue weighted by molar-refractivity contribution is 9.11. The molecule has 0 saturated heterocycles. The minimum atomic E-state index is -3.37. The van der Waals surface area contributed by atoms with Gasteiger partial charge < -0.3 is 0 Å². The summed E-state index contributed by atoms with van der Waals surface area (Å²) in [5.74, 6) is 0.441. The Morgan fingerprint density at radius 3 is 2.53 bits per heavy atom. The third-order valence-corrected chi connectivity index (χ3v) is 7.72. The van der Waals surface area contributed by atoms with E-state index < -0.39 is 10.0 Å². The molecule has 0 bridgehead atoms. The number of aryl methyl sites for hydroxylation is 1. The molecule has 108 valence electrons. The topological polar surface area (TPSA) is 37.4 Å². The summed E-state index contributed by atoms with van der Waals surface area (Å²) in [6, 6.07) is 1.86. The van der Waals surface area contributed by atoms with Gasteiger partial charge in [-0.2, -0.15) is 4.31 Å². The largest absolute Gasteiger partial charge is 0.244 e. The van der Waals surface area contributed by atoms with E-state index in [0.29, 0.717) is 10.8 Å². The number of thiophene rings is 1. The van der Waals surface area contributed by atoms with Crippen molar-refractivity contribution < 1.29 is 8.42 Å². The van der Waals surface area contributed by atoms with Gasteiger partial charge in [-0.25, -0.2) is 8.42 Å². The van der Waals surface area contributed by atoms with E-state index >= 15 is 0 Å². The fraction of sp³-hybridized carbons (Fsp3) is 0.692. The van der Waals surface area contributed by atoms with Crippen LogP contribution in [0.25, 0.3) is 0 Å². The first-order valence-electron chi connectivity index (χ1n) is 6.58. The first-order valence-corrected chi connectivity index (χ1v) is 9.63. The van der Waals surface area contributed by atoms with E-state index in [4.69, 9.17) is 0 Å². The van der Waals surface area contributed by atoms with Crippen molar-refractivity contribution in [2.75, 3.05) is 7.05 Å². The summed E-state index contributed by atoms with van der Waals surface area (Å²) in [5.41, 5.74) is 0. The van der Waals surface area contributed by atoms with Gasteiger partial charge in [-0.15, -0.1) is 11.3 Å². The van der Waals surface area contributed by atoms with Crippen LogP contribution < -0.4 is 0 Å². The molecule has 0 N–H and O–H groups in total. The van der Waals surface area contributed by atoms with Gasteiger partial charge in [0.2, 0.25) is 10.0 Å². The van der Waals surface area contributed by atoms with Gasteiger partial charge in [0.25, 0.3) is 0 Å². The van der Waals surface area contributed by atoms with Gasteiger partial charge in [0.05, 0.1) is 8.68 Å². The molecule has 0 amide bonds. The molecule has 0 aromatic carbocycles. The monoisotopic (exact) mass is 365 g/mol. The molecule has 1 saturated carbocycles. The van der Waals surface area contributed by atoms with Crippen LogP contribution in [0, 0.1) is 12.8 Å². The van der Waals surface area contributed by atoms with Gasteiger partial charge in [-0.1, -0.05) is 19.8 Å². The molecular weight excluding hydrogens is 346 g/mol. The van der Waals surface area contributed by atoms with Crippen LogP contribution in [0.5, 0.6) is 0 Å². The van der Waals surface area contributed by atoms with E-state index in [-0.39, 0.29) is 6.04 Å². The first-order chi connectivity index (χ1) is 8.84. The maximum absolute atomic E-state index is 12.7. The van der Waals surface area contributed by atoms with E-state index in [1.807, 2.05) is 6.92 Å². The summed E-state index contributed by atoms with van der Waals surface area (Å²) in [5, 5.41) is 0. The van der Waals surface area contributed by atoms with Crippen LogP contribution >= 0.6 is 27.3 Å². The van der Waals surface area contributed by atoms with Gasteiger partial charge in [-0.05, 0) is 47.7 Å². The smallest absolute Gasteiger partial charge is 0.207 e. The normalized spacial score (nSPS) is 24.9. The van der Waals surface area contributed by atoms with Gasteiger partial charge in [-0.3, -0.25) is 0 Å². The lowest BCUT2D eigenvalue weighted by Gasteiger charge is -2.35. The van der Waals surface area contributed by atoms with Crippen LogP contribution in [0.4, 0.5) is 0 Å². The van der Waals surface area contributed by atoms with Gasteiger partial charge >= 0.3 is 0 Å². The van der Waals surface area contributed by atoms with E-state index in [9.17, 15) is 8.42 Å². The molecule has 6 heteroatoms. The zero-order valence-electron chi connectivity index (χ0n) is 11.5. The predicted molar refractivity (Wildman–Crippen MR) is 83.1 cm³/mol. The summed E-state index contributed by atoms with van der Waals surface area (Å²) in [6.07, 6.45) is 4.44. The number of hydrogen-bond acceptors (Lipinski definition) is 3. The second kappa shape index (κ2) is 5.84. The second-order valence-corrected chi connectivity index (χ2v) is 9.92. The highest BCUT2D eigenvalue weighted by Crippen LogP contribution is 2.35. The Morgan fingerprint density at radius 1 is 1.37 bits per heavy atom. The fourth-order valence-electron chi connectivity index (χ4n) is 2.86. The summed E-state index contributed by atoms with van der Waals surface area (Å²) >= 11 is 4.84. The lowest BCUT2D eigenvalue weighted by atomic mass is 9.86. The highest BCUT2D eigenvalue weighted by Gasteiger charge is 2.34. The second-order valence-electron chi connectivity index (χ2n) is 5.32. The lowest BCUT2D eigenvalue weighted by molar-refractivity contribution is 0.213. The van der Waals surface area contributed by atoms with E-state index in [0.717, 1.165) is 27.9 Å². The van der Waals surface area contributed by atoms with Crippen LogP contribution in [-0.4, -0.2) is 25.8 Å². The predicted octanol–water partition coefficient (Wildman–Crippen LogP) is 4.02. The molecule has 2 rings (SSSR count). The number of nitrogens with zero attached hydrogens (tertiary/aromatic N) is 1. The highest BCUT2D eigenvalue weighted by atomic mass is 79.9. The van der Waals surface area contributed by atoms with Crippen LogP contribution in [0.2, 0.25) is 0 Å². The SMILES string of the molecule is Cc1sc(Br)cc1S(=O)(=O)N(C)C1CCCCC1C. The van der Waals surface area contributed by atoms with Gasteiger partial charge in [0.15, 0.2) is 0 Å². The Morgan fingerprint density at radius 2 is 2.00 bits per heavy atom. The van der Waals surface area contributed by atoms with Crippen molar-refractivity contribution in [3.8, 4) is 0 Å². The average molecular weight is 366 g/mol. The molecule has 19 heavy (non-hydrogen) atoms. The Balaban J connectivity index is 2.31. The summed E-state index contributed by atoms with van der Waals surface area (Å²) in [6.45, 7) is 4.02. The Labute approximate surface area is 128 Å². The van der Waals surface area contributed by atoms with E-state index in [2.05, 4.69) is 22.9 Å². The standard InChI is InChI=1S/C13H20BrNO2S2/c1-9-6-4-5-7-11(9)15(3)19(16,17)12-8-13(14)18-10(12)2/h8-9,11H,4-7H2,1-3H3. The van der Waals surface area contributed by atoms with Crippen molar-refractivity contribution in [3.63, 3.8) is 0 Å². The van der Waals surface area contributed by atoms with E-state index in [1.165, 1.54) is 17.8 Å². The van der Waals surface area contributed by atoms with Crippen molar-refractivity contribution >= 4 is 37.3 Å². The summed E-state index contributed by atoms with van der Waals surface area (Å²) < 4.78 is 27.9. The van der Waals surface area contributed by atoms with Crippen molar-refractivity contribution in [1.29, 1.82) is 0 Å². The molecule has 0 radical (unpaired) electrons. The maximum Gasteiger partial charge on any atom is 0.244 e. The molecule has 1 aromatic heterocycles. The Kier molecular flexibility index (Phi) is 4.75. The Bertz CT molecular complexity index is 553. The molecule has 1 aliphatic rings. The summed E-state index contributed by atoms with van der Waals surface area (Å²) in [4.78, 5) is 1.30. The van der Waals surface area contributed by atoms with Crippen LogP contribution in [0.3, 0.4) is 0 Å². The van der Waals surface area contributed by atoms with Gasteiger partial charge in [0.1, 0.15) is 0 Å². The molecule has 2 atom stereocenters. The van der Waals surface area contributed by atoms with Crippen molar-refractivity contribution in [1.82, 2.24) is 4.31 Å². The maximum atomic E-state index is 12.7. The van der Waals surface area contributed by atoms with Gasteiger partial charge in [0, 0.05) is 18.0 Å². The number of rotatable bonds is 3. The summed E-state index contributed by atoms with van der Waals surface area (Å²) in [7, 11) is -1.64. The third kappa shape index (κ3) is 3.06. The molecule has 1 aromatic rings. The zero-order chi connectivity index (χ0) is 14.2. The number of sulfonamides is 1. The van der Waals surface area contributed by atoms with Crippen molar-refractivity contribution in [2.24, 2.45) is 5.92 Å². The number of hydrogen-bond donors (Lipinski definition) is 0.